The number of benzene rings is 1. The molecule has 0 saturated carbocycles. The average molecular weight is 375 g/mol. The first-order valence-electron chi connectivity index (χ1n) is 8.38. The highest BCUT2D eigenvalue weighted by molar-refractivity contribution is 8.14. The summed E-state index contributed by atoms with van der Waals surface area (Å²) in [5.74, 6) is -1.27. The van der Waals surface area contributed by atoms with Crippen LogP contribution in [0.15, 0.2) is 29.8 Å². The van der Waals surface area contributed by atoms with Gasteiger partial charge >= 0.3 is 11.9 Å². The SMILES string of the molecule is C=CCN=C1S[C@@H](c2c(C)cc(C)cc2C)CC1(C(=O)OC)C(=O)OC. The molecule has 0 radical (unpaired) electrons. The van der Waals surface area contributed by atoms with E-state index >= 15 is 0 Å². The Morgan fingerprint density at radius 2 is 1.77 bits per heavy atom. The molecule has 1 heterocycles. The van der Waals surface area contributed by atoms with Crippen molar-refractivity contribution in [3.8, 4) is 0 Å². The van der Waals surface area contributed by atoms with E-state index in [1.807, 2.05) is 13.8 Å². The number of rotatable bonds is 5. The highest BCUT2D eigenvalue weighted by atomic mass is 32.2. The number of carbonyl (C=O) groups excluding carboxylic acids is 2. The van der Waals surface area contributed by atoms with Gasteiger partial charge in [-0.25, -0.2) is 0 Å². The molecule has 1 saturated heterocycles. The van der Waals surface area contributed by atoms with Gasteiger partial charge in [-0.2, -0.15) is 0 Å². The summed E-state index contributed by atoms with van der Waals surface area (Å²) in [4.78, 5) is 29.8. The van der Waals surface area contributed by atoms with Crippen molar-refractivity contribution >= 4 is 28.7 Å². The van der Waals surface area contributed by atoms with Crippen molar-refractivity contribution < 1.29 is 19.1 Å². The molecule has 0 N–H and O–H groups in total. The second-order valence-electron chi connectivity index (χ2n) is 6.45. The predicted molar refractivity (Wildman–Crippen MR) is 105 cm³/mol. The van der Waals surface area contributed by atoms with Crippen LogP contribution in [-0.4, -0.2) is 37.7 Å². The molecule has 6 heteroatoms. The highest BCUT2D eigenvalue weighted by Gasteiger charge is 2.59. The van der Waals surface area contributed by atoms with Gasteiger partial charge in [0.15, 0.2) is 0 Å². The lowest BCUT2D eigenvalue weighted by molar-refractivity contribution is -0.163. The van der Waals surface area contributed by atoms with Crippen LogP contribution >= 0.6 is 11.8 Å². The van der Waals surface area contributed by atoms with Crippen molar-refractivity contribution in [2.75, 3.05) is 20.8 Å². The molecule has 0 spiro atoms. The maximum atomic E-state index is 12.7. The smallest absolute Gasteiger partial charge is 0.330 e. The van der Waals surface area contributed by atoms with E-state index in [0.29, 0.717) is 11.6 Å². The van der Waals surface area contributed by atoms with Gasteiger partial charge in [0.25, 0.3) is 0 Å². The number of nitrogens with zero attached hydrogens (tertiary/aromatic N) is 1. The van der Waals surface area contributed by atoms with Crippen LogP contribution < -0.4 is 0 Å². The quantitative estimate of drug-likeness (QED) is 0.446. The molecule has 0 aliphatic carbocycles. The maximum Gasteiger partial charge on any atom is 0.330 e. The molecule has 0 unspecified atom stereocenters. The summed E-state index contributed by atoms with van der Waals surface area (Å²) in [5.41, 5.74) is 3.05. The number of carbonyl (C=O) groups is 2. The number of ether oxygens (including phenoxy) is 2. The van der Waals surface area contributed by atoms with Crippen LogP contribution in [-0.2, 0) is 19.1 Å². The topological polar surface area (TPSA) is 65.0 Å². The van der Waals surface area contributed by atoms with E-state index in [-0.39, 0.29) is 11.7 Å². The molecule has 2 rings (SSSR count). The fourth-order valence-electron chi connectivity index (χ4n) is 3.60. The van der Waals surface area contributed by atoms with Gasteiger partial charge in [-0.3, -0.25) is 14.6 Å². The molecular formula is C20H25NO4S. The van der Waals surface area contributed by atoms with Crippen LogP contribution in [0.2, 0.25) is 0 Å². The molecule has 1 atom stereocenters. The highest BCUT2D eigenvalue weighted by Crippen LogP contribution is 2.54. The monoisotopic (exact) mass is 375 g/mol. The summed E-state index contributed by atoms with van der Waals surface area (Å²) in [7, 11) is 2.55. The van der Waals surface area contributed by atoms with Gasteiger partial charge in [0.1, 0.15) is 0 Å². The molecule has 1 aliphatic rings. The van der Waals surface area contributed by atoms with Crippen molar-refractivity contribution in [1.82, 2.24) is 0 Å². The lowest BCUT2D eigenvalue weighted by atomic mass is 9.81. The van der Waals surface area contributed by atoms with E-state index in [0.717, 1.165) is 16.7 Å². The van der Waals surface area contributed by atoms with Gasteiger partial charge in [0.05, 0.1) is 25.8 Å². The normalized spacial score (nSPS) is 20.0. The molecule has 0 bridgehead atoms. The molecule has 1 fully saturated rings. The van der Waals surface area contributed by atoms with Crippen LogP contribution in [0, 0.1) is 26.2 Å². The second-order valence-corrected chi connectivity index (χ2v) is 7.64. The Hall–Kier alpha value is -2.08. The van der Waals surface area contributed by atoms with Crippen molar-refractivity contribution in [3.63, 3.8) is 0 Å². The van der Waals surface area contributed by atoms with E-state index in [9.17, 15) is 9.59 Å². The largest absolute Gasteiger partial charge is 0.468 e. The Kier molecular flexibility index (Phi) is 6.29. The number of hydrogen-bond acceptors (Lipinski definition) is 6. The average Bonchev–Trinajstić information content (AvgIpc) is 2.97. The van der Waals surface area contributed by atoms with Gasteiger partial charge in [-0.1, -0.05) is 23.8 Å². The molecule has 140 valence electrons. The van der Waals surface area contributed by atoms with E-state index in [4.69, 9.17) is 9.47 Å². The molecule has 1 aromatic carbocycles. The fourth-order valence-corrected chi connectivity index (χ4v) is 5.29. The molecule has 0 amide bonds. The summed E-state index contributed by atoms with van der Waals surface area (Å²) in [6.07, 6.45) is 1.89. The Morgan fingerprint density at radius 1 is 1.23 bits per heavy atom. The predicted octanol–water partition coefficient (Wildman–Crippen LogP) is 3.71. The zero-order chi connectivity index (χ0) is 19.5. The third-order valence-corrected chi connectivity index (χ3v) is 5.99. The molecule has 0 aromatic heterocycles. The number of methoxy groups -OCH3 is 2. The molecular weight excluding hydrogens is 350 g/mol. The number of aliphatic imine (C=N–C) groups is 1. The summed E-state index contributed by atoms with van der Waals surface area (Å²) < 4.78 is 9.95. The second kappa shape index (κ2) is 8.08. The van der Waals surface area contributed by atoms with Crippen LogP contribution in [0.3, 0.4) is 0 Å². The van der Waals surface area contributed by atoms with Crippen molar-refractivity contribution in [2.45, 2.75) is 32.4 Å². The van der Waals surface area contributed by atoms with E-state index in [2.05, 4.69) is 30.6 Å². The number of aryl methyl sites for hydroxylation is 3. The Balaban J connectivity index is 2.61. The molecule has 26 heavy (non-hydrogen) atoms. The van der Waals surface area contributed by atoms with E-state index < -0.39 is 17.4 Å². The first-order valence-corrected chi connectivity index (χ1v) is 9.26. The van der Waals surface area contributed by atoms with Crippen LogP contribution in [0.25, 0.3) is 0 Å². The van der Waals surface area contributed by atoms with Crippen molar-refractivity contribution in [3.05, 3.63) is 47.0 Å². The van der Waals surface area contributed by atoms with Crippen LogP contribution in [0.1, 0.15) is 33.9 Å². The first kappa shape index (κ1) is 20.2. The summed E-state index contributed by atoms with van der Waals surface area (Å²) in [5, 5.41) is 0.345. The van der Waals surface area contributed by atoms with Crippen LogP contribution in [0.5, 0.6) is 0 Å². The number of hydrogen-bond donors (Lipinski definition) is 0. The third-order valence-electron chi connectivity index (χ3n) is 4.60. The fraction of sp³-hybridized carbons (Fsp3) is 0.450. The van der Waals surface area contributed by atoms with E-state index in [1.165, 1.54) is 31.5 Å². The van der Waals surface area contributed by atoms with E-state index in [1.54, 1.807) is 6.08 Å². The Labute approximate surface area is 158 Å². The summed E-state index contributed by atoms with van der Waals surface area (Å²) in [6, 6.07) is 4.22. The Bertz CT molecular complexity index is 730. The maximum absolute atomic E-state index is 12.7. The van der Waals surface area contributed by atoms with Gasteiger partial charge in [-0.15, -0.1) is 18.3 Å². The first-order chi connectivity index (χ1) is 12.3. The minimum Gasteiger partial charge on any atom is -0.468 e. The van der Waals surface area contributed by atoms with Crippen LogP contribution in [0.4, 0.5) is 0 Å². The lowest BCUT2D eigenvalue weighted by Crippen LogP contribution is -2.44. The molecule has 5 nitrogen and oxygen atoms in total. The lowest BCUT2D eigenvalue weighted by Gasteiger charge is -2.23. The van der Waals surface area contributed by atoms with Gasteiger partial charge < -0.3 is 9.47 Å². The zero-order valence-electron chi connectivity index (χ0n) is 15.9. The minimum atomic E-state index is -1.52. The zero-order valence-corrected chi connectivity index (χ0v) is 16.7. The standard InChI is InChI=1S/C20H25NO4S/c1-7-8-21-17-20(18(22)24-5,19(23)25-6)11-15(26-17)16-13(3)9-12(2)10-14(16)4/h7,9-10,15H,1,8,11H2,2-6H3/t15-/m1/s1. The van der Waals surface area contributed by atoms with Gasteiger partial charge in [-0.05, 0) is 43.9 Å². The van der Waals surface area contributed by atoms with Crippen molar-refractivity contribution in [1.29, 1.82) is 0 Å². The summed E-state index contributed by atoms with van der Waals surface area (Å²) in [6.45, 7) is 10.1. The van der Waals surface area contributed by atoms with Gasteiger partial charge in [0, 0.05) is 5.25 Å². The minimum absolute atomic E-state index is 0.0858. The molecule has 1 aromatic rings. The number of esters is 2. The van der Waals surface area contributed by atoms with Crippen molar-refractivity contribution in [2.24, 2.45) is 10.4 Å². The molecule has 1 aliphatic heterocycles. The summed E-state index contributed by atoms with van der Waals surface area (Å²) >= 11 is 1.43. The third kappa shape index (κ3) is 3.43. The number of thioether (sulfide) groups is 1. The Morgan fingerprint density at radius 3 is 2.23 bits per heavy atom. The van der Waals surface area contributed by atoms with Gasteiger partial charge in [0.2, 0.25) is 5.41 Å².